The van der Waals surface area contributed by atoms with Crippen LogP contribution in [0.1, 0.15) is 19.8 Å². The normalized spacial score (nSPS) is 21.4. The van der Waals surface area contributed by atoms with E-state index >= 15 is 0 Å². The minimum atomic E-state index is -0.169. The van der Waals surface area contributed by atoms with Gasteiger partial charge in [0.2, 0.25) is 0 Å². The Morgan fingerprint density at radius 2 is 1.79 bits per heavy atom. The molecule has 14 heavy (non-hydrogen) atoms. The van der Waals surface area contributed by atoms with Crippen LogP contribution in [0.25, 0.3) is 0 Å². The molecule has 1 aliphatic heterocycles. The third-order valence-corrected chi connectivity index (χ3v) is 2.59. The Morgan fingerprint density at radius 1 is 1.21 bits per heavy atom. The van der Waals surface area contributed by atoms with Crippen LogP contribution in [0.2, 0.25) is 0 Å². The summed E-state index contributed by atoms with van der Waals surface area (Å²) in [6.45, 7) is 3.79. The van der Waals surface area contributed by atoms with Crippen LogP contribution < -0.4 is 5.32 Å². The number of hydrogen-bond acceptors (Lipinski definition) is 4. The molecule has 1 unspecified atom stereocenters. The zero-order valence-electron chi connectivity index (χ0n) is 9.29. The van der Waals surface area contributed by atoms with E-state index in [1.807, 2.05) is 0 Å². The van der Waals surface area contributed by atoms with Gasteiger partial charge in [-0.3, -0.25) is 0 Å². The molecule has 4 nitrogen and oxygen atoms in total. The van der Waals surface area contributed by atoms with Crippen LogP contribution in [-0.2, 0) is 14.2 Å². The quantitative estimate of drug-likeness (QED) is 0.670. The van der Waals surface area contributed by atoms with E-state index in [2.05, 4.69) is 12.2 Å². The van der Waals surface area contributed by atoms with Gasteiger partial charge in [-0.15, -0.1) is 0 Å². The van der Waals surface area contributed by atoms with Gasteiger partial charge in [0.15, 0.2) is 6.29 Å². The summed E-state index contributed by atoms with van der Waals surface area (Å²) < 4.78 is 15.7. The van der Waals surface area contributed by atoms with Gasteiger partial charge in [0.1, 0.15) is 0 Å². The van der Waals surface area contributed by atoms with Crippen molar-refractivity contribution in [1.29, 1.82) is 0 Å². The third kappa shape index (κ3) is 3.53. The molecule has 0 radical (unpaired) electrons. The van der Waals surface area contributed by atoms with E-state index in [0.717, 1.165) is 26.1 Å². The Kier molecular flexibility index (Phi) is 5.40. The van der Waals surface area contributed by atoms with Crippen molar-refractivity contribution in [3.63, 3.8) is 0 Å². The molecule has 1 fully saturated rings. The van der Waals surface area contributed by atoms with E-state index in [-0.39, 0.29) is 12.3 Å². The summed E-state index contributed by atoms with van der Waals surface area (Å²) in [5.74, 6) is 0. The van der Waals surface area contributed by atoms with Crippen LogP contribution in [-0.4, -0.2) is 45.8 Å². The highest BCUT2D eigenvalue weighted by molar-refractivity contribution is 4.75. The minimum absolute atomic E-state index is 0.169. The number of hydrogen-bond donors (Lipinski definition) is 1. The summed E-state index contributed by atoms with van der Waals surface area (Å²) >= 11 is 0. The molecule has 0 saturated carbocycles. The van der Waals surface area contributed by atoms with Gasteiger partial charge in [0.05, 0.1) is 6.04 Å². The first-order chi connectivity index (χ1) is 6.77. The molecule has 4 heteroatoms. The molecule has 0 aromatic rings. The van der Waals surface area contributed by atoms with Crippen molar-refractivity contribution in [1.82, 2.24) is 5.32 Å². The predicted molar refractivity (Wildman–Crippen MR) is 54.2 cm³/mol. The molecule has 0 aliphatic carbocycles. The second kappa shape index (κ2) is 6.35. The van der Waals surface area contributed by atoms with Crippen LogP contribution >= 0.6 is 0 Å². The highest BCUT2D eigenvalue weighted by Gasteiger charge is 2.21. The maximum absolute atomic E-state index is 5.29. The molecule has 0 aromatic heterocycles. The van der Waals surface area contributed by atoms with Crippen LogP contribution in [0.3, 0.4) is 0 Å². The first-order valence-corrected chi connectivity index (χ1v) is 5.17. The largest absolute Gasteiger partial charge is 0.381 e. The second-order valence-corrected chi connectivity index (χ2v) is 3.68. The van der Waals surface area contributed by atoms with Gasteiger partial charge in [0, 0.05) is 33.5 Å². The maximum atomic E-state index is 5.29. The molecule has 84 valence electrons. The zero-order chi connectivity index (χ0) is 10.4. The van der Waals surface area contributed by atoms with E-state index in [0.29, 0.717) is 6.04 Å². The van der Waals surface area contributed by atoms with Crippen LogP contribution in [0, 0.1) is 0 Å². The summed E-state index contributed by atoms with van der Waals surface area (Å²) in [7, 11) is 3.33. The fourth-order valence-electron chi connectivity index (χ4n) is 1.82. The summed E-state index contributed by atoms with van der Waals surface area (Å²) in [6.07, 6.45) is 1.98. The van der Waals surface area contributed by atoms with Crippen molar-refractivity contribution in [3.8, 4) is 0 Å². The van der Waals surface area contributed by atoms with Gasteiger partial charge in [-0.25, -0.2) is 0 Å². The van der Waals surface area contributed by atoms with Gasteiger partial charge in [-0.05, 0) is 19.8 Å². The number of methoxy groups -OCH3 is 2. The average molecular weight is 203 g/mol. The first-order valence-electron chi connectivity index (χ1n) is 5.17. The Morgan fingerprint density at radius 3 is 2.29 bits per heavy atom. The van der Waals surface area contributed by atoms with E-state index in [9.17, 15) is 0 Å². The van der Waals surface area contributed by atoms with E-state index in [1.54, 1.807) is 14.2 Å². The molecule has 1 saturated heterocycles. The summed E-state index contributed by atoms with van der Waals surface area (Å²) in [6, 6.07) is 0.750. The molecule has 0 bridgehead atoms. The molecule has 0 aromatic carbocycles. The van der Waals surface area contributed by atoms with Crippen molar-refractivity contribution >= 4 is 0 Å². The lowest BCUT2D eigenvalue weighted by Crippen LogP contribution is -2.47. The van der Waals surface area contributed by atoms with Gasteiger partial charge in [-0.2, -0.15) is 0 Å². The van der Waals surface area contributed by atoms with Crippen LogP contribution in [0.15, 0.2) is 0 Å². The highest BCUT2D eigenvalue weighted by Crippen LogP contribution is 2.09. The van der Waals surface area contributed by atoms with Crippen LogP contribution in [0.4, 0.5) is 0 Å². The number of rotatable bonds is 5. The SMILES string of the molecule is COC(OC)C(C)NC1CCOCC1. The smallest absolute Gasteiger partial charge is 0.171 e. The lowest BCUT2D eigenvalue weighted by Gasteiger charge is -2.29. The van der Waals surface area contributed by atoms with Gasteiger partial charge in [0.25, 0.3) is 0 Å². The van der Waals surface area contributed by atoms with E-state index < -0.39 is 0 Å². The lowest BCUT2D eigenvalue weighted by molar-refractivity contribution is -0.122. The molecule has 1 atom stereocenters. The lowest BCUT2D eigenvalue weighted by atomic mass is 10.1. The fourth-order valence-corrected chi connectivity index (χ4v) is 1.82. The Labute approximate surface area is 85.9 Å². The molecule has 1 rings (SSSR count). The summed E-state index contributed by atoms with van der Waals surface area (Å²) in [4.78, 5) is 0. The predicted octanol–water partition coefficient (Wildman–Crippen LogP) is 0.762. The molecular formula is C10H21NO3. The van der Waals surface area contributed by atoms with Crippen molar-refractivity contribution in [3.05, 3.63) is 0 Å². The Balaban J connectivity index is 2.26. The van der Waals surface area contributed by atoms with E-state index in [1.165, 1.54) is 0 Å². The van der Waals surface area contributed by atoms with Gasteiger partial charge >= 0.3 is 0 Å². The maximum Gasteiger partial charge on any atom is 0.171 e. The molecule has 1 N–H and O–H groups in total. The molecule has 1 aliphatic rings. The summed E-state index contributed by atoms with van der Waals surface area (Å²) in [5, 5.41) is 3.49. The zero-order valence-corrected chi connectivity index (χ0v) is 9.29. The van der Waals surface area contributed by atoms with Gasteiger partial charge in [-0.1, -0.05) is 0 Å². The molecular weight excluding hydrogens is 182 g/mol. The number of ether oxygens (including phenoxy) is 3. The van der Waals surface area contributed by atoms with E-state index in [4.69, 9.17) is 14.2 Å². The molecule has 0 spiro atoms. The number of nitrogens with one attached hydrogen (secondary N) is 1. The van der Waals surface area contributed by atoms with Crippen molar-refractivity contribution in [2.24, 2.45) is 0 Å². The van der Waals surface area contributed by atoms with Gasteiger partial charge < -0.3 is 19.5 Å². The van der Waals surface area contributed by atoms with Crippen molar-refractivity contribution in [2.75, 3.05) is 27.4 Å². The highest BCUT2D eigenvalue weighted by atomic mass is 16.7. The first kappa shape index (κ1) is 11.9. The Hall–Kier alpha value is -0.160. The second-order valence-electron chi connectivity index (χ2n) is 3.68. The molecule has 0 amide bonds. The third-order valence-electron chi connectivity index (χ3n) is 2.59. The van der Waals surface area contributed by atoms with Crippen LogP contribution in [0.5, 0.6) is 0 Å². The monoisotopic (exact) mass is 203 g/mol. The topological polar surface area (TPSA) is 39.7 Å². The fraction of sp³-hybridized carbons (Fsp3) is 1.00. The average Bonchev–Trinajstić information content (AvgIpc) is 2.21. The van der Waals surface area contributed by atoms with Crippen molar-refractivity contribution in [2.45, 2.75) is 38.1 Å². The Bertz CT molecular complexity index is 144. The summed E-state index contributed by atoms with van der Waals surface area (Å²) in [5.41, 5.74) is 0. The standard InChI is InChI=1S/C10H21NO3/c1-8(10(12-2)13-3)11-9-4-6-14-7-5-9/h8-11H,4-7H2,1-3H3. The van der Waals surface area contributed by atoms with Crippen molar-refractivity contribution < 1.29 is 14.2 Å². The molecule has 1 heterocycles. The minimum Gasteiger partial charge on any atom is -0.381 e.